The van der Waals surface area contributed by atoms with Gasteiger partial charge < -0.3 is 10.1 Å². The molecule has 0 bridgehead atoms. The van der Waals surface area contributed by atoms with E-state index >= 15 is 0 Å². The summed E-state index contributed by atoms with van der Waals surface area (Å²) in [5.74, 6) is 0.904. The van der Waals surface area contributed by atoms with Crippen molar-refractivity contribution < 1.29 is 4.74 Å². The van der Waals surface area contributed by atoms with E-state index in [2.05, 4.69) is 40.3 Å². The van der Waals surface area contributed by atoms with Crippen LogP contribution in [-0.4, -0.2) is 7.11 Å². The fraction of sp³-hybridized carbons (Fsp3) is 0.250. The Kier molecular flexibility index (Phi) is 5.46. The average molecular weight is 355 g/mol. The van der Waals surface area contributed by atoms with Crippen LogP contribution in [0.3, 0.4) is 0 Å². The molecule has 0 aromatic heterocycles. The number of hydrogen-bond acceptors (Lipinski definition) is 2. The zero-order valence-electron chi connectivity index (χ0n) is 11.5. The lowest BCUT2D eigenvalue weighted by Crippen LogP contribution is -2.18. The molecule has 2 aromatic carbocycles. The van der Waals surface area contributed by atoms with Crippen molar-refractivity contribution in [1.29, 1.82) is 0 Å². The lowest BCUT2D eigenvalue weighted by molar-refractivity contribution is 0.401. The van der Waals surface area contributed by atoms with E-state index in [1.54, 1.807) is 7.11 Å². The first-order valence-corrected chi connectivity index (χ1v) is 7.59. The molecule has 0 aliphatic rings. The van der Waals surface area contributed by atoms with E-state index < -0.39 is 0 Å². The second-order valence-electron chi connectivity index (χ2n) is 4.59. The third-order valence-corrected chi connectivity index (χ3v) is 4.43. The van der Waals surface area contributed by atoms with Crippen molar-refractivity contribution >= 4 is 27.5 Å². The van der Waals surface area contributed by atoms with Crippen LogP contribution in [0.4, 0.5) is 0 Å². The largest absolute Gasteiger partial charge is 0.496 e. The van der Waals surface area contributed by atoms with Crippen molar-refractivity contribution in [3.05, 3.63) is 63.1 Å². The maximum Gasteiger partial charge on any atom is 0.123 e. The Labute approximate surface area is 133 Å². The van der Waals surface area contributed by atoms with E-state index in [1.807, 2.05) is 30.3 Å². The van der Waals surface area contributed by atoms with Gasteiger partial charge in [-0.25, -0.2) is 0 Å². The van der Waals surface area contributed by atoms with Crippen molar-refractivity contribution in [2.24, 2.45) is 0 Å². The minimum absolute atomic E-state index is 0.202. The van der Waals surface area contributed by atoms with Crippen molar-refractivity contribution in [2.45, 2.75) is 19.5 Å². The van der Waals surface area contributed by atoms with Gasteiger partial charge in [-0.15, -0.1) is 0 Å². The molecule has 2 nitrogen and oxygen atoms in total. The molecule has 0 aliphatic heterocycles. The molecule has 0 heterocycles. The van der Waals surface area contributed by atoms with Gasteiger partial charge in [0.2, 0.25) is 0 Å². The number of ether oxygens (including phenoxy) is 1. The summed E-state index contributed by atoms with van der Waals surface area (Å²) in [6.45, 7) is 2.88. The first kappa shape index (κ1) is 15.4. The Morgan fingerprint density at radius 3 is 2.70 bits per heavy atom. The fourth-order valence-electron chi connectivity index (χ4n) is 2.05. The summed E-state index contributed by atoms with van der Waals surface area (Å²) in [5.41, 5.74) is 2.30. The Morgan fingerprint density at radius 2 is 2.00 bits per heavy atom. The third kappa shape index (κ3) is 3.75. The predicted octanol–water partition coefficient (Wildman–Crippen LogP) is 4.96. The predicted molar refractivity (Wildman–Crippen MR) is 87.4 cm³/mol. The highest BCUT2D eigenvalue weighted by Gasteiger charge is 2.10. The van der Waals surface area contributed by atoms with Crippen LogP contribution in [0.5, 0.6) is 5.75 Å². The van der Waals surface area contributed by atoms with Crippen LogP contribution in [0.15, 0.2) is 46.9 Å². The highest BCUT2D eigenvalue weighted by atomic mass is 79.9. The lowest BCUT2D eigenvalue weighted by Gasteiger charge is -2.17. The second kappa shape index (κ2) is 7.11. The monoisotopic (exact) mass is 353 g/mol. The molecule has 1 N–H and O–H groups in total. The SMILES string of the molecule is COc1ccccc1[C@H](C)NCc1ccc(Br)c(Cl)c1. The summed E-state index contributed by atoms with van der Waals surface area (Å²) in [4.78, 5) is 0. The Hall–Kier alpha value is -1.03. The van der Waals surface area contributed by atoms with Gasteiger partial charge in [0.05, 0.1) is 12.1 Å². The minimum Gasteiger partial charge on any atom is -0.496 e. The zero-order chi connectivity index (χ0) is 14.5. The summed E-state index contributed by atoms with van der Waals surface area (Å²) in [5, 5.41) is 4.21. The van der Waals surface area contributed by atoms with E-state index in [0.717, 1.165) is 32.9 Å². The summed E-state index contributed by atoms with van der Waals surface area (Å²) < 4.78 is 6.30. The standard InChI is InChI=1S/C16H17BrClNO/c1-11(13-5-3-4-6-16(13)20-2)19-10-12-7-8-14(17)15(18)9-12/h3-9,11,19H,10H2,1-2H3/t11-/m0/s1. The van der Waals surface area contributed by atoms with Crippen LogP contribution in [0.2, 0.25) is 5.02 Å². The first-order valence-electron chi connectivity index (χ1n) is 6.42. The number of methoxy groups -OCH3 is 1. The number of rotatable bonds is 5. The van der Waals surface area contributed by atoms with Gasteiger partial charge in [0, 0.05) is 22.6 Å². The number of halogens is 2. The average Bonchev–Trinajstić information content (AvgIpc) is 2.48. The minimum atomic E-state index is 0.202. The van der Waals surface area contributed by atoms with Crippen molar-refractivity contribution in [2.75, 3.05) is 7.11 Å². The molecule has 0 unspecified atom stereocenters. The van der Waals surface area contributed by atoms with Gasteiger partial charge in [-0.05, 0) is 46.6 Å². The highest BCUT2D eigenvalue weighted by Crippen LogP contribution is 2.26. The molecule has 0 radical (unpaired) electrons. The van der Waals surface area contributed by atoms with E-state index in [0.29, 0.717) is 0 Å². The highest BCUT2D eigenvalue weighted by molar-refractivity contribution is 9.10. The van der Waals surface area contributed by atoms with Crippen molar-refractivity contribution in [1.82, 2.24) is 5.32 Å². The molecule has 0 amide bonds. The summed E-state index contributed by atoms with van der Waals surface area (Å²) in [6, 6.07) is 14.2. The Balaban J connectivity index is 2.04. The molecule has 0 fully saturated rings. The van der Waals surface area contributed by atoms with E-state index in [1.165, 1.54) is 0 Å². The lowest BCUT2D eigenvalue weighted by atomic mass is 10.1. The van der Waals surface area contributed by atoms with Crippen LogP contribution < -0.4 is 10.1 Å². The van der Waals surface area contributed by atoms with Gasteiger partial charge in [-0.2, -0.15) is 0 Å². The molecular formula is C16H17BrClNO. The topological polar surface area (TPSA) is 21.3 Å². The number of nitrogens with one attached hydrogen (secondary N) is 1. The summed E-state index contributed by atoms with van der Waals surface area (Å²) in [6.07, 6.45) is 0. The normalized spacial score (nSPS) is 12.2. The van der Waals surface area contributed by atoms with Crippen LogP contribution in [0.25, 0.3) is 0 Å². The third-order valence-electron chi connectivity index (χ3n) is 3.20. The number of para-hydroxylation sites is 1. The molecular weight excluding hydrogens is 338 g/mol. The molecule has 106 valence electrons. The maximum atomic E-state index is 6.10. The van der Waals surface area contributed by atoms with Crippen molar-refractivity contribution in [3.8, 4) is 5.75 Å². The Bertz CT molecular complexity index is 588. The van der Waals surface area contributed by atoms with Gasteiger partial charge in [0.25, 0.3) is 0 Å². The number of benzene rings is 2. The smallest absolute Gasteiger partial charge is 0.123 e. The first-order chi connectivity index (χ1) is 9.61. The van der Waals surface area contributed by atoms with Crippen LogP contribution in [-0.2, 0) is 6.54 Å². The molecule has 1 atom stereocenters. The Morgan fingerprint density at radius 1 is 1.25 bits per heavy atom. The van der Waals surface area contributed by atoms with E-state index in [9.17, 15) is 0 Å². The molecule has 0 saturated carbocycles. The molecule has 20 heavy (non-hydrogen) atoms. The second-order valence-corrected chi connectivity index (χ2v) is 5.85. The van der Waals surface area contributed by atoms with E-state index in [4.69, 9.17) is 16.3 Å². The van der Waals surface area contributed by atoms with Gasteiger partial charge >= 0.3 is 0 Å². The molecule has 0 spiro atoms. The van der Waals surface area contributed by atoms with Gasteiger partial charge in [-0.3, -0.25) is 0 Å². The van der Waals surface area contributed by atoms with E-state index in [-0.39, 0.29) is 6.04 Å². The summed E-state index contributed by atoms with van der Waals surface area (Å²) >= 11 is 9.50. The summed E-state index contributed by atoms with van der Waals surface area (Å²) in [7, 11) is 1.69. The van der Waals surface area contributed by atoms with Crippen LogP contribution in [0.1, 0.15) is 24.1 Å². The molecule has 4 heteroatoms. The molecule has 0 saturated heterocycles. The fourth-order valence-corrected chi connectivity index (χ4v) is 2.50. The maximum absolute atomic E-state index is 6.10. The molecule has 2 aromatic rings. The zero-order valence-corrected chi connectivity index (χ0v) is 13.8. The van der Waals surface area contributed by atoms with Crippen LogP contribution in [0, 0.1) is 0 Å². The molecule has 0 aliphatic carbocycles. The van der Waals surface area contributed by atoms with Gasteiger partial charge in [0.15, 0.2) is 0 Å². The van der Waals surface area contributed by atoms with Gasteiger partial charge in [-0.1, -0.05) is 35.9 Å². The number of hydrogen-bond donors (Lipinski definition) is 1. The van der Waals surface area contributed by atoms with Crippen LogP contribution >= 0.6 is 27.5 Å². The molecule has 2 rings (SSSR count). The van der Waals surface area contributed by atoms with Gasteiger partial charge in [0.1, 0.15) is 5.75 Å². The van der Waals surface area contributed by atoms with Crippen molar-refractivity contribution in [3.63, 3.8) is 0 Å². The quantitative estimate of drug-likeness (QED) is 0.819.